The first-order valence-corrected chi connectivity index (χ1v) is 7.16. The van der Waals surface area contributed by atoms with Crippen LogP contribution in [0.4, 0.5) is 0 Å². The van der Waals surface area contributed by atoms with Crippen molar-refractivity contribution in [2.75, 3.05) is 13.2 Å². The fourth-order valence-electron chi connectivity index (χ4n) is 1.64. The lowest BCUT2D eigenvalue weighted by Gasteiger charge is -2.14. The molecule has 1 atom stereocenters. The minimum Gasteiger partial charge on any atom is -0.482 e. The van der Waals surface area contributed by atoms with Crippen LogP contribution in [0.2, 0.25) is 10.0 Å². The molecule has 0 radical (unpaired) electrons. The number of halogens is 2. The average molecular weight is 320 g/mol. The quantitative estimate of drug-likeness (QED) is 0.812. The normalized spacial score (nSPS) is 12.3. The fourth-order valence-corrected chi connectivity index (χ4v) is 1.98. The van der Waals surface area contributed by atoms with Crippen LogP contribution in [0.5, 0.6) is 5.75 Å². The Bertz CT molecular complexity index is 452. The van der Waals surface area contributed by atoms with Crippen LogP contribution < -0.4 is 10.1 Å². The zero-order valence-corrected chi connectivity index (χ0v) is 13.0. The highest BCUT2D eigenvalue weighted by Gasteiger charge is 2.10. The van der Waals surface area contributed by atoms with Crippen LogP contribution >= 0.6 is 23.2 Å². The number of rotatable bonds is 7. The first kappa shape index (κ1) is 17.1. The van der Waals surface area contributed by atoms with Gasteiger partial charge in [0.1, 0.15) is 5.75 Å². The Labute approximate surface area is 129 Å². The Morgan fingerprint density at radius 2 is 2.10 bits per heavy atom. The lowest BCUT2D eigenvalue weighted by Crippen LogP contribution is -2.35. The first-order valence-electron chi connectivity index (χ1n) is 6.41. The average Bonchev–Trinajstić information content (AvgIpc) is 2.36. The Morgan fingerprint density at radius 1 is 1.40 bits per heavy atom. The maximum absolute atomic E-state index is 11.6. The molecule has 0 aliphatic carbocycles. The van der Waals surface area contributed by atoms with E-state index in [4.69, 9.17) is 27.9 Å². The second kappa shape index (κ2) is 8.35. The largest absolute Gasteiger partial charge is 0.482 e. The zero-order valence-electron chi connectivity index (χ0n) is 11.5. The number of aliphatic hydroxyl groups is 1. The molecule has 0 saturated carbocycles. The fraction of sp³-hybridized carbons (Fsp3) is 0.500. The van der Waals surface area contributed by atoms with E-state index >= 15 is 0 Å². The van der Waals surface area contributed by atoms with Crippen LogP contribution in [0, 0.1) is 5.92 Å². The van der Waals surface area contributed by atoms with Crippen molar-refractivity contribution in [1.82, 2.24) is 5.32 Å². The van der Waals surface area contributed by atoms with Gasteiger partial charge in [0.05, 0.1) is 11.1 Å². The molecule has 0 fully saturated rings. The van der Waals surface area contributed by atoms with Crippen LogP contribution in [0.25, 0.3) is 0 Å². The standard InChI is InChI=1S/C14H19Cl2NO3/c1-9(2)5-11(18)7-17-14(19)8-20-13-6-10(15)3-4-12(13)16/h3-4,6,9,11,18H,5,7-8H2,1-2H3,(H,17,19). The van der Waals surface area contributed by atoms with Gasteiger partial charge in [-0.3, -0.25) is 4.79 Å². The van der Waals surface area contributed by atoms with Gasteiger partial charge in [-0.05, 0) is 24.5 Å². The van der Waals surface area contributed by atoms with Crippen molar-refractivity contribution in [3.63, 3.8) is 0 Å². The third-order valence-electron chi connectivity index (χ3n) is 2.53. The molecule has 0 aliphatic heterocycles. The zero-order chi connectivity index (χ0) is 15.1. The predicted octanol–water partition coefficient (Wildman–Crippen LogP) is 2.90. The van der Waals surface area contributed by atoms with Crippen LogP contribution in [0.3, 0.4) is 0 Å². The summed E-state index contributed by atoms with van der Waals surface area (Å²) >= 11 is 11.7. The molecule has 2 N–H and O–H groups in total. The molecule has 1 amide bonds. The summed E-state index contributed by atoms with van der Waals surface area (Å²) in [6, 6.07) is 4.79. The van der Waals surface area contributed by atoms with E-state index in [0.717, 1.165) is 0 Å². The van der Waals surface area contributed by atoms with E-state index in [-0.39, 0.29) is 19.1 Å². The Balaban J connectivity index is 2.34. The molecule has 1 rings (SSSR count). The molecule has 20 heavy (non-hydrogen) atoms. The van der Waals surface area contributed by atoms with E-state index in [1.165, 1.54) is 0 Å². The number of hydrogen-bond donors (Lipinski definition) is 2. The van der Waals surface area contributed by atoms with Gasteiger partial charge in [-0.25, -0.2) is 0 Å². The van der Waals surface area contributed by atoms with Crippen molar-refractivity contribution >= 4 is 29.1 Å². The maximum atomic E-state index is 11.6. The van der Waals surface area contributed by atoms with E-state index in [2.05, 4.69) is 5.32 Å². The van der Waals surface area contributed by atoms with Gasteiger partial charge in [0, 0.05) is 17.6 Å². The van der Waals surface area contributed by atoms with E-state index < -0.39 is 6.10 Å². The number of ether oxygens (including phenoxy) is 1. The molecule has 1 unspecified atom stereocenters. The van der Waals surface area contributed by atoms with Gasteiger partial charge < -0.3 is 15.2 Å². The molecule has 0 bridgehead atoms. The van der Waals surface area contributed by atoms with E-state index in [0.29, 0.717) is 28.1 Å². The Hall–Kier alpha value is -0.970. The summed E-state index contributed by atoms with van der Waals surface area (Å²) in [6.07, 6.45) is 0.0926. The van der Waals surface area contributed by atoms with E-state index in [9.17, 15) is 9.90 Å². The SMILES string of the molecule is CC(C)CC(O)CNC(=O)COc1cc(Cl)ccc1Cl. The van der Waals surface area contributed by atoms with E-state index in [1.807, 2.05) is 13.8 Å². The number of carbonyl (C=O) groups excluding carboxylic acids is 1. The molecule has 112 valence electrons. The lowest BCUT2D eigenvalue weighted by atomic mass is 10.1. The highest BCUT2D eigenvalue weighted by atomic mass is 35.5. The summed E-state index contributed by atoms with van der Waals surface area (Å²) in [7, 11) is 0. The number of hydrogen-bond acceptors (Lipinski definition) is 3. The van der Waals surface area contributed by atoms with Gasteiger partial charge in [0.2, 0.25) is 0 Å². The number of benzene rings is 1. The predicted molar refractivity (Wildman–Crippen MR) is 80.4 cm³/mol. The summed E-state index contributed by atoms with van der Waals surface area (Å²) < 4.78 is 5.28. The highest BCUT2D eigenvalue weighted by Crippen LogP contribution is 2.27. The molecule has 0 aromatic heterocycles. The molecule has 6 heteroatoms. The van der Waals surface area contributed by atoms with Gasteiger partial charge in [-0.15, -0.1) is 0 Å². The minimum absolute atomic E-state index is 0.172. The summed E-state index contributed by atoms with van der Waals surface area (Å²) in [6.45, 7) is 4.06. The minimum atomic E-state index is -0.547. The third kappa shape index (κ3) is 6.46. The number of amides is 1. The highest BCUT2D eigenvalue weighted by molar-refractivity contribution is 6.34. The van der Waals surface area contributed by atoms with Crippen LogP contribution in [0.15, 0.2) is 18.2 Å². The van der Waals surface area contributed by atoms with Crippen LogP contribution in [-0.4, -0.2) is 30.3 Å². The van der Waals surface area contributed by atoms with Crippen LogP contribution in [0.1, 0.15) is 20.3 Å². The van der Waals surface area contributed by atoms with Crippen molar-refractivity contribution in [2.45, 2.75) is 26.4 Å². The molecule has 0 aliphatic rings. The third-order valence-corrected chi connectivity index (χ3v) is 3.08. The second-order valence-corrected chi connectivity index (χ2v) is 5.79. The number of nitrogens with one attached hydrogen (secondary N) is 1. The monoisotopic (exact) mass is 319 g/mol. The topological polar surface area (TPSA) is 58.6 Å². The summed E-state index contributed by atoms with van der Waals surface area (Å²) in [5.74, 6) is 0.421. The van der Waals surface area contributed by atoms with Gasteiger partial charge >= 0.3 is 0 Å². The second-order valence-electron chi connectivity index (χ2n) is 4.95. The van der Waals surface area contributed by atoms with Crippen molar-refractivity contribution in [2.24, 2.45) is 5.92 Å². The van der Waals surface area contributed by atoms with Crippen molar-refractivity contribution in [3.05, 3.63) is 28.2 Å². The Morgan fingerprint density at radius 3 is 2.75 bits per heavy atom. The molecule has 4 nitrogen and oxygen atoms in total. The van der Waals surface area contributed by atoms with Gasteiger partial charge in [0.25, 0.3) is 5.91 Å². The van der Waals surface area contributed by atoms with Gasteiger partial charge in [-0.2, -0.15) is 0 Å². The molecule has 0 spiro atoms. The molecule has 0 saturated heterocycles. The number of aliphatic hydroxyl groups excluding tert-OH is 1. The van der Waals surface area contributed by atoms with Gasteiger partial charge in [0.15, 0.2) is 6.61 Å². The summed E-state index contributed by atoms with van der Waals surface area (Å²) in [4.78, 5) is 11.6. The van der Waals surface area contributed by atoms with Gasteiger partial charge in [-0.1, -0.05) is 37.0 Å². The maximum Gasteiger partial charge on any atom is 0.258 e. The van der Waals surface area contributed by atoms with Crippen molar-refractivity contribution < 1.29 is 14.6 Å². The number of carbonyl (C=O) groups is 1. The molecule has 1 aromatic rings. The van der Waals surface area contributed by atoms with Crippen LogP contribution in [-0.2, 0) is 4.79 Å². The van der Waals surface area contributed by atoms with Crippen molar-refractivity contribution in [3.8, 4) is 5.75 Å². The first-order chi connectivity index (χ1) is 9.38. The molecule has 0 heterocycles. The smallest absolute Gasteiger partial charge is 0.258 e. The summed E-state index contributed by atoms with van der Waals surface area (Å²) in [5, 5.41) is 13.1. The van der Waals surface area contributed by atoms with E-state index in [1.54, 1.807) is 18.2 Å². The molecule has 1 aromatic carbocycles. The molecular formula is C14H19Cl2NO3. The summed E-state index contributed by atoms with van der Waals surface area (Å²) in [5.41, 5.74) is 0. The Kier molecular flexibility index (Phi) is 7.13. The molecular weight excluding hydrogens is 301 g/mol. The lowest BCUT2D eigenvalue weighted by molar-refractivity contribution is -0.123. The van der Waals surface area contributed by atoms with Crippen molar-refractivity contribution in [1.29, 1.82) is 0 Å².